The average molecular weight is 330 g/mol. The van der Waals surface area contributed by atoms with Crippen LogP contribution in [0.4, 0.5) is 0 Å². The van der Waals surface area contributed by atoms with Crippen LogP contribution >= 0.6 is 11.3 Å². The molecule has 0 radical (unpaired) electrons. The topological polar surface area (TPSA) is 98.5 Å². The van der Waals surface area contributed by atoms with Crippen LogP contribution in [0.2, 0.25) is 0 Å². The zero-order chi connectivity index (χ0) is 15.7. The molecule has 0 aromatic carbocycles. The van der Waals surface area contributed by atoms with Crippen LogP contribution in [0.15, 0.2) is 11.4 Å². The van der Waals surface area contributed by atoms with Crippen molar-refractivity contribution in [3.05, 3.63) is 21.9 Å². The molecule has 116 valence electrons. The number of thiophene rings is 1. The highest BCUT2D eigenvalue weighted by Crippen LogP contribution is 2.15. The zero-order valence-electron chi connectivity index (χ0n) is 11.7. The highest BCUT2D eigenvalue weighted by atomic mass is 32.2. The molecule has 8 heteroatoms. The smallest absolute Gasteiger partial charge is 0.306 e. The number of esters is 1. The number of carbonyl (C=O) groups excluding carboxylic acids is 1. The summed E-state index contributed by atoms with van der Waals surface area (Å²) in [5.41, 5.74) is 6.07. The van der Waals surface area contributed by atoms with Crippen molar-refractivity contribution in [1.29, 1.82) is 0 Å². The second-order valence-electron chi connectivity index (χ2n) is 3.96. The lowest BCUT2D eigenvalue weighted by atomic mass is 10.2. The van der Waals surface area contributed by atoms with Gasteiger partial charge in [0.2, 0.25) is 10.0 Å². The molecule has 0 aliphatic rings. The Morgan fingerprint density at radius 1 is 1.52 bits per heavy atom. The Kier molecular flexibility index (Phi) is 7.39. The molecule has 1 aromatic rings. The van der Waals surface area contributed by atoms with Crippen molar-refractivity contribution in [3.63, 3.8) is 0 Å². The SMILES string of the molecule is CCOC(=O)CCS(=O)(=O)NCc1sccc1C#CCN. The molecule has 0 spiro atoms. The minimum absolute atomic E-state index is 0.150. The Morgan fingerprint density at radius 2 is 2.29 bits per heavy atom. The van der Waals surface area contributed by atoms with Crippen LogP contribution in [0.3, 0.4) is 0 Å². The second-order valence-corrected chi connectivity index (χ2v) is 6.89. The molecular formula is C13H18N2O4S2. The Labute approximate surface area is 128 Å². The highest BCUT2D eigenvalue weighted by molar-refractivity contribution is 7.89. The predicted molar refractivity (Wildman–Crippen MR) is 82.1 cm³/mol. The molecule has 21 heavy (non-hydrogen) atoms. The van der Waals surface area contributed by atoms with Crippen molar-refractivity contribution in [1.82, 2.24) is 4.72 Å². The highest BCUT2D eigenvalue weighted by Gasteiger charge is 2.14. The van der Waals surface area contributed by atoms with E-state index in [4.69, 9.17) is 10.5 Å². The van der Waals surface area contributed by atoms with Crippen molar-refractivity contribution < 1.29 is 17.9 Å². The Bertz CT molecular complexity index is 626. The number of nitrogens with two attached hydrogens (primary N) is 1. The van der Waals surface area contributed by atoms with Crippen LogP contribution in [0.25, 0.3) is 0 Å². The summed E-state index contributed by atoms with van der Waals surface area (Å²) in [6.45, 7) is 2.31. The molecule has 0 amide bonds. The van der Waals surface area contributed by atoms with Gasteiger partial charge in [0.15, 0.2) is 0 Å². The summed E-state index contributed by atoms with van der Waals surface area (Å²) in [5.74, 6) is 4.80. The molecule has 0 aliphatic heterocycles. The standard InChI is InChI=1S/C13H18N2O4S2/c1-2-19-13(16)6-9-21(17,18)15-10-12-11(4-3-7-14)5-8-20-12/h5,8,15H,2,6-7,9-10,14H2,1H3. The van der Waals surface area contributed by atoms with Gasteiger partial charge in [-0.2, -0.15) is 0 Å². The lowest BCUT2D eigenvalue weighted by molar-refractivity contribution is -0.142. The first-order valence-corrected chi connectivity index (χ1v) is 8.90. The molecule has 1 heterocycles. The predicted octanol–water partition coefficient (Wildman–Crippen LogP) is 0.431. The summed E-state index contributed by atoms with van der Waals surface area (Å²) in [6.07, 6.45) is -0.159. The van der Waals surface area contributed by atoms with Gasteiger partial charge in [-0.1, -0.05) is 11.8 Å². The van der Waals surface area contributed by atoms with E-state index in [9.17, 15) is 13.2 Å². The van der Waals surface area contributed by atoms with Crippen LogP contribution in [0.1, 0.15) is 23.8 Å². The maximum Gasteiger partial charge on any atom is 0.306 e. The Morgan fingerprint density at radius 3 is 2.95 bits per heavy atom. The molecule has 3 N–H and O–H groups in total. The molecule has 0 saturated heterocycles. The van der Waals surface area contributed by atoms with Crippen molar-refractivity contribution >= 4 is 27.3 Å². The van der Waals surface area contributed by atoms with Crippen LogP contribution in [-0.4, -0.2) is 33.3 Å². The first-order chi connectivity index (χ1) is 9.98. The number of nitrogens with one attached hydrogen (secondary N) is 1. The number of hydrogen-bond acceptors (Lipinski definition) is 6. The van der Waals surface area contributed by atoms with Gasteiger partial charge in [-0.15, -0.1) is 11.3 Å². The van der Waals surface area contributed by atoms with E-state index in [0.717, 1.165) is 10.4 Å². The van der Waals surface area contributed by atoms with Gasteiger partial charge < -0.3 is 10.5 Å². The van der Waals surface area contributed by atoms with Gasteiger partial charge in [0.25, 0.3) is 0 Å². The lowest BCUT2D eigenvalue weighted by Gasteiger charge is -2.06. The molecule has 6 nitrogen and oxygen atoms in total. The van der Waals surface area contributed by atoms with Gasteiger partial charge >= 0.3 is 5.97 Å². The van der Waals surface area contributed by atoms with E-state index in [1.807, 2.05) is 11.4 Å². The second kappa shape index (κ2) is 8.79. The first kappa shape index (κ1) is 17.7. The number of carbonyl (C=O) groups is 1. The van der Waals surface area contributed by atoms with E-state index in [1.54, 1.807) is 6.92 Å². The molecule has 1 aromatic heterocycles. The summed E-state index contributed by atoms with van der Waals surface area (Å²) in [4.78, 5) is 12.0. The molecule has 1 rings (SSSR count). The van der Waals surface area contributed by atoms with Crippen LogP contribution < -0.4 is 10.5 Å². The molecule has 0 unspecified atom stereocenters. The van der Waals surface area contributed by atoms with Gasteiger partial charge in [-0.05, 0) is 18.4 Å². The fraction of sp³-hybridized carbons (Fsp3) is 0.462. The minimum Gasteiger partial charge on any atom is -0.466 e. The van der Waals surface area contributed by atoms with Crippen LogP contribution in [-0.2, 0) is 26.1 Å². The third-order valence-electron chi connectivity index (χ3n) is 2.40. The average Bonchev–Trinajstić information content (AvgIpc) is 2.89. The lowest BCUT2D eigenvalue weighted by Crippen LogP contribution is -2.27. The number of sulfonamides is 1. The van der Waals surface area contributed by atoms with Crippen molar-refractivity contribution in [3.8, 4) is 11.8 Å². The quantitative estimate of drug-likeness (QED) is 0.558. The van der Waals surface area contributed by atoms with Gasteiger partial charge in [0.1, 0.15) is 0 Å². The summed E-state index contributed by atoms with van der Waals surface area (Å²) < 4.78 is 30.7. The number of ether oxygens (including phenoxy) is 1. The summed E-state index contributed by atoms with van der Waals surface area (Å²) in [6, 6.07) is 1.82. The first-order valence-electron chi connectivity index (χ1n) is 6.36. The van der Waals surface area contributed by atoms with Crippen LogP contribution in [0, 0.1) is 11.8 Å². The molecular weight excluding hydrogens is 312 g/mol. The Hall–Kier alpha value is -1.40. The summed E-state index contributed by atoms with van der Waals surface area (Å²) >= 11 is 1.41. The molecule has 0 aliphatic carbocycles. The van der Waals surface area contributed by atoms with Crippen molar-refractivity contribution in [2.45, 2.75) is 19.9 Å². The van der Waals surface area contributed by atoms with E-state index in [0.29, 0.717) is 0 Å². The maximum atomic E-state index is 11.8. The number of rotatable bonds is 7. The molecule has 0 fully saturated rings. The fourth-order valence-corrected chi connectivity index (χ4v) is 3.24. The molecule has 0 bridgehead atoms. The van der Waals surface area contributed by atoms with Gasteiger partial charge in [0, 0.05) is 17.0 Å². The van der Waals surface area contributed by atoms with E-state index in [1.165, 1.54) is 11.3 Å². The van der Waals surface area contributed by atoms with Crippen molar-refractivity contribution in [2.24, 2.45) is 5.73 Å². The number of hydrogen-bond donors (Lipinski definition) is 2. The summed E-state index contributed by atoms with van der Waals surface area (Å²) in [7, 11) is -3.53. The van der Waals surface area contributed by atoms with Gasteiger partial charge in [-0.3, -0.25) is 4.79 Å². The molecule has 0 saturated carbocycles. The minimum atomic E-state index is -3.53. The Balaban J connectivity index is 2.54. The monoisotopic (exact) mass is 330 g/mol. The van der Waals surface area contributed by atoms with Crippen molar-refractivity contribution in [2.75, 3.05) is 18.9 Å². The largest absolute Gasteiger partial charge is 0.466 e. The van der Waals surface area contributed by atoms with E-state index < -0.39 is 16.0 Å². The fourth-order valence-electron chi connectivity index (χ4n) is 1.43. The van der Waals surface area contributed by atoms with Crippen LogP contribution in [0.5, 0.6) is 0 Å². The maximum absolute atomic E-state index is 11.8. The normalized spacial score (nSPS) is 10.8. The van der Waals surface area contributed by atoms with Gasteiger partial charge in [-0.25, -0.2) is 13.1 Å². The van der Waals surface area contributed by atoms with E-state index >= 15 is 0 Å². The zero-order valence-corrected chi connectivity index (χ0v) is 13.4. The van der Waals surface area contributed by atoms with E-state index in [-0.39, 0.29) is 31.9 Å². The van der Waals surface area contributed by atoms with E-state index in [2.05, 4.69) is 16.6 Å². The third kappa shape index (κ3) is 6.73. The third-order valence-corrected chi connectivity index (χ3v) is 4.65. The summed E-state index contributed by atoms with van der Waals surface area (Å²) in [5, 5.41) is 1.84. The van der Waals surface area contributed by atoms with Gasteiger partial charge in [0.05, 0.1) is 25.3 Å². The molecule has 0 atom stereocenters.